The van der Waals surface area contributed by atoms with Crippen molar-refractivity contribution in [3.05, 3.63) is 22.4 Å². The Morgan fingerprint density at radius 3 is 2.89 bits per heavy atom. The number of hydrogen-bond donors (Lipinski definition) is 1. The molecule has 1 aromatic rings. The van der Waals surface area contributed by atoms with Crippen LogP contribution in [0.25, 0.3) is 0 Å². The first-order chi connectivity index (χ1) is 8.99. The zero-order valence-electron chi connectivity index (χ0n) is 10.1. The minimum absolute atomic E-state index is 0.0126. The molecule has 1 aliphatic rings. The van der Waals surface area contributed by atoms with Gasteiger partial charge in [0.15, 0.2) is 0 Å². The van der Waals surface area contributed by atoms with E-state index in [2.05, 4.69) is 9.71 Å². The van der Waals surface area contributed by atoms with Gasteiger partial charge in [0.1, 0.15) is 10.0 Å². The van der Waals surface area contributed by atoms with Gasteiger partial charge in [-0.05, 0) is 24.8 Å². The number of nitrogens with one attached hydrogen (secondary N) is 1. The molecule has 1 unspecified atom stereocenters. The predicted molar refractivity (Wildman–Crippen MR) is 73.0 cm³/mol. The van der Waals surface area contributed by atoms with Crippen LogP contribution >= 0.6 is 23.2 Å². The standard InChI is InChI=1S/C11H14Cl2N2O3S/c12-10-4-9(6-14-11(10)13)19(16,17)15-5-8-2-1-3-18-7-8/h4,6,8,15H,1-3,5,7H2. The molecule has 1 saturated heterocycles. The lowest BCUT2D eigenvalue weighted by Gasteiger charge is -2.22. The number of halogens is 2. The summed E-state index contributed by atoms with van der Waals surface area (Å²) in [6.07, 6.45) is 3.11. The highest BCUT2D eigenvalue weighted by atomic mass is 35.5. The van der Waals surface area contributed by atoms with Crippen LogP contribution in [-0.2, 0) is 14.8 Å². The summed E-state index contributed by atoms with van der Waals surface area (Å²) in [5.74, 6) is 0.208. The summed E-state index contributed by atoms with van der Waals surface area (Å²) in [6, 6.07) is 1.29. The Morgan fingerprint density at radius 2 is 2.26 bits per heavy atom. The van der Waals surface area contributed by atoms with Gasteiger partial charge in [-0.1, -0.05) is 23.2 Å². The molecule has 0 aromatic carbocycles. The zero-order chi connectivity index (χ0) is 13.9. The van der Waals surface area contributed by atoms with Crippen LogP contribution in [0, 0.1) is 5.92 Å². The van der Waals surface area contributed by atoms with E-state index in [1.54, 1.807) is 0 Å². The summed E-state index contributed by atoms with van der Waals surface area (Å²) in [7, 11) is -3.61. The molecule has 1 N–H and O–H groups in total. The van der Waals surface area contributed by atoms with Crippen LogP contribution in [0.2, 0.25) is 10.2 Å². The van der Waals surface area contributed by atoms with Crippen molar-refractivity contribution in [3.63, 3.8) is 0 Å². The van der Waals surface area contributed by atoms with Gasteiger partial charge in [0.05, 0.1) is 11.6 Å². The largest absolute Gasteiger partial charge is 0.381 e. The summed E-state index contributed by atoms with van der Waals surface area (Å²) >= 11 is 11.4. The first kappa shape index (κ1) is 15.0. The second-order valence-corrected chi connectivity index (χ2v) is 6.91. The van der Waals surface area contributed by atoms with Crippen molar-refractivity contribution >= 4 is 33.2 Å². The van der Waals surface area contributed by atoms with Crippen LogP contribution in [-0.4, -0.2) is 33.2 Å². The molecular formula is C11H14Cl2N2O3S. The van der Waals surface area contributed by atoms with Gasteiger partial charge in [-0.15, -0.1) is 0 Å². The Kier molecular flexibility index (Phi) is 5.03. The molecule has 2 heterocycles. The quantitative estimate of drug-likeness (QED) is 0.861. The molecule has 0 spiro atoms. The van der Waals surface area contributed by atoms with Gasteiger partial charge in [0.25, 0.3) is 0 Å². The molecule has 0 radical (unpaired) electrons. The van der Waals surface area contributed by atoms with Gasteiger partial charge in [0, 0.05) is 19.3 Å². The second kappa shape index (κ2) is 6.37. The average molecular weight is 325 g/mol. The maximum atomic E-state index is 12.0. The van der Waals surface area contributed by atoms with Crippen molar-refractivity contribution in [1.29, 1.82) is 0 Å². The van der Waals surface area contributed by atoms with Crippen molar-refractivity contribution in [1.82, 2.24) is 9.71 Å². The number of hydrogen-bond acceptors (Lipinski definition) is 4. The molecule has 0 amide bonds. The van der Waals surface area contributed by atoms with Gasteiger partial charge >= 0.3 is 0 Å². The fourth-order valence-corrected chi connectivity index (χ4v) is 3.25. The Balaban J connectivity index is 2.02. The third-order valence-corrected chi connectivity index (χ3v) is 4.97. The molecule has 1 fully saturated rings. The number of sulfonamides is 1. The van der Waals surface area contributed by atoms with E-state index in [-0.39, 0.29) is 21.0 Å². The van der Waals surface area contributed by atoms with Gasteiger partial charge in [0.2, 0.25) is 10.0 Å². The molecular weight excluding hydrogens is 311 g/mol. The maximum Gasteiger partial charge on any atom is 0.242 e. The van der Waals surface area contributed by atoms with Crippen molar-refractivity contribution in [3.8, 4) is 0 Å². The summed E-state index contributed by atoms with van der Waals surface area (Å²) in [6.45, 7) is 1.69. The third-order valence-electron chi connectivity index (χ3n) is 2.90. The Morgan fingerprint density at radius 1 is 1.47 bits per heavy atom. The van der Waals surface area contributed by atoms with Crippen molar-refractivity contribution in [2.24, 2.45) is 5.92 Å². The summed E-state index contributed by atoms with van der Waals surface area (Å²) in [5, 5.41) is 0.201. The van der Waals surface area contributed by atoms with Gasteiger partial charge in [-0.25, -0.2) is 18.1 Å². The maximum absolute atomic E-state index is 12.0. The smallest absolute Gasteiger partial charge is 0.242 e. The van der Waals surface area contributed by atoms with E-state index in [0.29, 0.717) is 13.2 Å². The first-order valence-electron chi connectivity index (χ1n) is 5.87. The monoisotopic (exact) mass is 324 g/mol. The third kappa shape index (κ3) is 4.03. The number of ether oxygens (including phenoxy) is 1. The molecule has 19 heavy (non-hydrogen) atoms. The van der Waals surface area contributed by atoms with E-state index in [1.807, 2.05) is 0 Å². The normalized spacial score (nSPS) is 20.4. The van der Waals surface area contributed by atoms with E-state index in [4.69, 9.17) is 27.9 Å². The second-order valence-electron chi connectivity index (χ2n) is 4.38. The van der Waals surface area contributed by atoms with Crippen LogP contribution in [0.15, 0.2) is 17.2 Å². The molecule has 5 nitrogen and oxygen atoms in total. The zero-order valence-corrected chi connectivity index (χ0v) is 12.4. The Labute approximate surface area is 122 Å². The molecule has 106 valence electrons. The topological polar surface area (TPSA) is 68.3 Å². The molecule has 2 rings (SSSR count). The highest BCUT2D eigenvalue weighted by Crippen LogP contribution is 2.22. The molecule has 1 atom stereocenters. The summed E-state index contributed by atoms with van der Waals surface area (Å²) < 4.78 is 31.9. The minimum atomic E-state index is -3.61. The Bertz CT molecular complexity index is 545. The van der Waals surface area contributed by atoms with Crippen LogP contribution in [0.5, 0.6) is 0 Å². The molecule has 0 saturated carbocycles. The van der Waals surface area contributed by atoms with Crippen LogP contribution in [0.3, 0.4) is 0 Å². The van der Waals surface area contributed by atoms with Crippen LogP contribution < -0.4 is 4.72 Å². The molecule has 0 aliphatic carbocycles. The number of nitrogens with zero attached hydrogens (tertiary/aromatic N) is 1. The van der Waals surface area contributed by atoms with Crippen LogP contribution in [0.4, 0.5) is 0 Å². The SMILES string of the molecule is O=S(=O)(NCC1CCCOC1)c1cnc(Cl)c(Cl)c1. The molecule has 1 aromatic heterocycles. The summed E-state index contributed by atoms with van der Waals surface area (Å²) in [4.78, 5) is 3.74. The lowest BCUT2D eigenvalue weighted by Crippen LogP contribution is -2.33. The number of pyridine rings is 1. The Hall–Kier alpha value is -0.400. The van der Waals surface area contributed by atoms with Crippen LogP contribution in [0.1, 0.15) is 12.8 Å². The van der Waals surface area contributed by atoms with E-state index in [1.165, 1.54) is 12.3 Å². The van der Waals surface area contributed by atoms with E-state index in [9.17, 15) is 8.42 Å². The van der Waals surface area contributed by atoms with E-state index in [0.717, 1.165) is 19.4 Å². The highest BCUT2D eigenvalue weighted by molar-refractivity contribution is 7.89. The molecule has 0 bridgehead atoms. The van der Waals surface area contributed by atoms with Crippen molar-refractivity contribution < 1.29 is 13.2 Å². The molecule has 8 heteroatoms. The van der Waals surface area contributed by atoms with Gasteiger partial charge in [-0.2, -0.15) is 0 Å². The minimum Gasteiger partial charge on any atom is -0.381 e. The van der Waals surface area contributed by atoms with Gasteiger partial charge < -0.3 is 4.74 Å². The van der Waals surface area contributed by atoms with Crippen molar-refractivity contribution in [2.45, 2.75) is 17.7 Å². The molecule has 1 aliphatic heterocycles. The highest BCUT2D eigenvalue weighted by Gasteiger charge is 2.20. The summed E-state index contributed by atoms with van der Waals surface area (Å²) in [5.41, 5.74) is 0. The fourth-order valence-electron chi connectivity index (χ4n) is 1.83. The van der Waals surface area contributed by atoms with Gasteiger partial charge in [-0.3, -0.25) is 0 Å². The lowest BCUT2D eigenvalue weighted by molar-refractivity contribution is 0.0568. The predicted octanol–water partition coefficient (Wildman–Crippen LogP) is 2.09. The van der Waals surface area contributed by atoms with E-state index >= 15 is 0 Å². The number of aromatic nitrogens is 1. The van der Waals surface area contributed by atoms with Crippen molar-refractivity contribution in [2.75, 3.05) is 19.8 Å². The average Bonchev–Trinajstić information content (AvgIpc) is 2.41. The first-order valence-corrected chi connectivity index (χ1v) is 8.11. The number of rotatable bonds is 4. The van der Waals surface area contributed by atoms with E-state index < -0.39 is 10.0 Å². The fraction of sp³-hybridized carbons (Fsp3) is 0.545. The lowest BCUT2D eigenvalue weighted by atomic mass is 10.0.